The Balaban J connectivity index is 1.59. The molecule has 0 saturated carbocycles. The molecule has 0 aliphatic carbocycles. The van der Waals surface area contributed by atoms with Crippen molar-refractivity contribution in [2.24, 2.45) is 0 Å². The molecule has 29 heavy (non-hydrogen) atoms. The number of rotatable bonds is 6. The molecule has 0 radical (unpaired) electrons. The SMILES string of the molecule is O=CN1CCN(c2nc(NCc3ccc(F)cc3)cc(-c3ccccc3)n2)CC1. The largest absolute Gasteiger partial charge is 0.366 e. The number of hydrogen-bond donors (Lipinski definition) is 1. The van der Waals surface area contributed by atoms with E-state index in [1.807, 2.05) is 36.4 Å². The average molecular weight is 391 g/mol. The van der Waals surface area contributed by atoms with Gasteiger partial charge < -0.3 is 15.1 Å². The molecule has 1 N–H and O–H groups in total. The van der Waals surface area contributed by atoms with Crippen molar-refractivity contribution in [3.05, 3.63) is 72.0 Å². The summed E-state index contributed by atoms with van der Waals surface area (Å²) in [5.74, 6) is 1.09. The maximum atomic E-state index is 13.1. The van der Waals surface area contributed by atoms with Gasteiger partial charge in [-0.2, -0.15) is 4.98 Å². The first kappa shape index (κ1) is 18.9. The molecule has 1 aromatic heterocycles. The van der Waals surface area contributed by atoms with Gasteiger partial charge in [0.1, 0.15) is 11.6 Å². The molecule has 7 heteroatoms. The molecule has 1 aliphatic rings. The second-order valence-corrected chi connectivity index (χ2v) is 6.91. The molecule has 4 rings (SSSR count). The van der Waals surface area contributed by atoms with Crippen LogP contribution in [-0.2, 0) is 11.3 Å². The third-order valence-corrected chi connectivity index (χ3v) is 4.92. The number of carbonyl (C=O) groups excluding carboxylic acids is 1. The van der Waals surface area contributed by atoms with Crippen molar-refractivity contribution < 1.29 is 9.18 Å². The lowest BCUT2D eigenvalue weighted by molar-refractivity contribution is -0.118. The van der Waals surface area contributed by atoms with Gasteiger partial charge in [0.25, 0.3) is 0 Å². The average Bonchev–Trinajstić information content (AvgIpc) is 2.79. The highest BCUT2D eigenvalue weighted by Crippen LogP contribution is 2.24. The van der Waals surface area contributed by atoms with E-state index in [4.69, 9.17) is 4.98 Å². The Bertz CT molecular complexity index is 957. The normalized spacial score (nSPS) is 14.0. The minimum Gasteiger partial charge on any atom is -0.366 e. The van der Waals surface area contributed by atoms with E-state index >= 15 is 0 Å². The van der Waals surface area contributed by atoms with E-state index in [-0.39, 0.29) is 5.82 Å². The fourth-order valence-electron chi connectivity index (χ4n) is 3.25. The maximum absolute atomic E-state index is 13.1. The Kier molecular flexibility index (Phi) is 5.65. The van der Waals surface area contributed by atoms with Crippen LogP contribution in [0.25, 0.3) is 11.3 Å². The molecule has 1 aliphatic heterocycles. The van der Waals surface area contributed by atoms with Crippen molar-refractivity contribution in [2.45, 2.75) is 6.54 Å². The van der Waals surface area contributed by atoms with Crippen molar-refractivity contribution in [1.82, 2.24) is 14.9 Å². The molecule has 2 heterocycles. The molecule has 2 aromatic carbocycles. The molecule has 0 atom stereocenters. The van der Waals surface area contributed by atoms with Crippen molar-refractivity contribution >= 4 is 18.2 Å². The molecule has 0 bridgehead atoms. The van der Waals surface area contributed by atoms with Crippen LogP contribution in [0.15, 0.2) is 60.7 Å². The summed E-state index contributed by atoms with van der Waals surface area (Å²) in [5, 5.41) is 3.32. The van der Waals surface area contributed by atoms with Gasteiger partial charge in [0.05, 0.1) is 5.69 Å². The van der Waals surface area contributed by atoms with Gasteiger partial charge in [-0.3, -0.25) is 4.79 Å². The lowest BCUT2D eigenvalue weighted by Gasteiger charge is -2.32. The Labute approximate surface area is 169 Å². The van der Waals surface area contributed by atoms with Crippen LogP contribution in [0.5, 0.6) is 0 Å². The number of hydrogen-bond acceptors (Lipinski definition) is 5. The summed E-state index contributed by atoms with van der Waals surface area (Å²) in [4.78, 5) is 24.3. The number of carbonyl (C=O) groups is 1. The number of benzene rings is 2. The molecule has 1 fully saturated rings. The molecular weight excluding hydrogens is 369 g/mol. The van der Waals surface area contributed by atoms with E-state index in [1.54, 1.807) is 17.0 Å². The zero-order valence-electron chi connectivity index (χ0n) is 16.0. The number of halogens is 1. The van der Waals surface area contributed by atoms with Gasteiger partial charge in [-0.15, -0.1) is 0 Å². The summed E-state index contributed by atoms with van der Waals surface area (Å²) >= 11 is 0. The van der Waals surface area contributed by atoms with E-state index < -0.39 is 0 Å². The summed E-state index contributed by atoms with van der Waals surface area (Å²) in [5.41, 5.74) is 2.80. The standard InChI is InChI=1S/C22H22FN5O/c23-19-8-6-17(7-9-19)15-24-21-14-20(18-4-2-1-3-5-18)25-22(26-21)28-12-10-27(16-29)11-13-28/h1-9,14,16H,10-13,15H2,(H,24,25,26). The third-order valence-electron chi connectivity index (χ3n) is 4.92. The zero-order chi connectivity index (χ0) is 20.1. The summed E-state index contributed by atoms with van der Waals surface area (Å²) < 4.78 is 13.1. The topological polar surface area (TPSA) is 61.4 Å². The molecule has 6 nitrogen and oxygen atoms in total. The van der Waals surface area contributed by atoms with Gasteiger partial charge in [0.15, 0.2) is 0 Å². The van der Waals surface area contributed by atoms with E-state index in [1.165, 1.54) is 12.1 Å². The highest BCUT2D eigenvalue weighted by atomic mass is 19.1. The van der Waals surface area contributed by atoms with E-state index in [2.05, 4.69) is 15.2 Å². The fraction of sp³-hybridized carbons (Fsp3) is 0.227. The van der Waals surface area contributed by atoms with Gasteiger partial charge in [-0.25, -0.2) is 9.37 Å². The maximum Gasteiger partial charge on any atom is 0.227 e. The van der Waals surface area contributed by atoms with Crippen LogP contribution >= 0.6 is 0 Å². The second kappa shape index (κ2) is 8.68. The van der Waals surface area contributed by atoms with Crippen molar-refractivity contribution in [3.8, 4) is 11.3 Å². The van der Waals surface area contributed by atoms with E-state index in [0.29, 0.717) is 44.5 Å². The first-order valence-electron chi connectivity index (χ1n) is 9.58. The number of nitrogens with one attached hydrogen (secondary N) is 1. The first-order valence-corrected chi connectivity index (χ1v) is 9.58. The predicted molar refractivity (Wildman–Crippen MR) is 111 cm³/mol. The van der Waals surface area contributed by atoms with Crippen LogP contribution in [0.2, 0.25) is 0 Å². The molecule has 3 aromatic rings. The number of nitrogens with zero attached hydrogens (tertiary/aromatic N) is 4. The van der Waals surface area contributed by atoms with Crippen LogP contribution < -0.4 is 10.2 Å². The monoisotopic (exact) mass is 391 g/mol. The second-order valence-electron chi connectivity index (χ2n) is 6.91. The van der Waals surface area contributed by atoms with Crippen LogP contribution in [0, 0.1) is 5.82 Å². The van der Waals surface area contributed by atoms with Crippen molar-refractivity contribution in [2.75, 3.05) is 36.4 Å². The van der Waals surface area contributed by atoms with Crippen LogP contribution in [-0.4, -0.2) is 47.5 Å². The summed E-state index contributed by atoms with van der Waals surface area (Å²) in [6.45, 7) is 3.22. The van der Waals surface area contributed by atoms with E-state index in [9.17, 15) is 9.18 Å². The molecule has 0 spiro atoms. The minimum atomic E-state index is -0.251. The van der Waals surface area contributed by atoms with Gasteiger partial charge in [0, 0.05) is 44.4 Å². The highest BCUT2D eigenvalue weighted by molar-refractivity contribution is 5.64. The molecule has 0 unspecified atom stereocenters. The summed E-state index contributed by atoms with van der Waals surface area (Å²) in [6, 6.07) is 18.3. The molecule has 148 valence electrons. The van der Waals surface area contributed by atoms with Crippen LogP contribution in [0.3, 0.4) is 0 Å². The molecular formula is C22H22FN5O. The van der Waals surface area contributed by atoms with Gasteiger partial charge in [-0.05, 0) is 17.7 Å². The highest BCUT2D eigenvalue weighted by Gasteiger charge is 2.19. The van der Waals surface area contributed by atoms with Crippen molar-refractivity contribution in [1.29, 1.82) is 0 Å². The smallest absolute Gasteiger partial charge is 0.227 e. The van der Waals surface area contributed by atoms with Crippen LogP contribution in [0.4, 0.5) is 16.2 Å². The Morgan fingerprint density at radius 1 is 0.966 bits per heavy atom. The van der Waals surface area contributed by atoms with Gasteiger partial charge >= 0.3 is 0 Å². The number of piperazine rings is 1. The van der Waals surface area contributed by atoms with Crippen LogP contribution in [0.1, 0.15) is 5.56 Å². The minimum absolute atomic E-state index is 0.251. The molecule has 1 amide bonds. The lowest BCUT2D eigenvalue weighted by atomic mass is 10.1. The Morgan fingerprint density at radius 2 is 1.69 bits per heavy atom. The first-order chi connectivity index (χ1) is 14.2. The molecule has 1 saturated heterocycles. The number of amides is 1. The summed E-state index contributed by atoms with van der Waals surface area (Å²) in [7, 11) is 0. The number of aromatic nitrogens is 2. The zero-order valence-corrected chi connectivity index (χ0v) is 16.0. The predicted octanol–water partition coefficient (Wildman–Crippen LogP) is 3.17. The summed E-state index contributed by atoms with van der Waals surface area (Å²) in [6.07, 6.45) is 0.883. The quantitative estimate of drug-likeness (QED) is 0.654. The fourth-order valence-corrected chi connectivity index (χ4v) is 3.25. The van der Waals surface area contributed by atoms with Crippen molar-refractivity contribution in [3.63, 3.8) is 0 Å². The van der Waals surface area contributed by atoms with Gasteiger partial charge in [0.2, 0.25) is 12.4 Å². The van der Waals surface area contributed by atoms with E-state index in [0.717, 1.165) is 23.2 Å². The Morgan fingerprint density at radius 3 is 2.38 bits per heavy atom. The van der Waals surface area contributed by atoms with Gasteiger partial charge in [-0.1, -0.05) is 42.5 Å². The Hall–Kier alpha value is -3.48. The number of anilines is 2. The lowest BCUT2D eigenvalue weighted by Crippen LogP contribution is -2.46. The third kappa shape index (κ3) is 4.68.